The van der Waals surface area contributed by atoms with Gasteiger partial charge in [-0.15, -0.1) is 11.3 Å². The predicted molar refractivity (Wildman–Crippen MR) is 156 cm³/mol. The second-order valence-corrected chi connectivity index (χ2v) is 11.7. The number of benzene rings is 1. The molecule has 1 saturated carbocycles. The summed E-state index contributed by atoms with van der Waals surface area (Å²) in [6.07, 6.45) is 11.3. The highest BCUT2D eigenvalue weighted by molar-refractivity contribution is 7.15. The van der Waals surface area contributed by atoms with Crippen LogP contribution in [0.3, 0.4) is 0 Å². The SMILES string of the molecule is Cc1ccc(-c2ccnc3[nH]c(-c4n[nH]c5ccc(-c6cncc(CNCC7CCCC7)c6)cc45)cc23)s1. The summed E-state index contributed by atoms with van der Waals surface area (Å²) >= 11 is 1.80. The van der Waals surface area contributed by atoms with Crippen LogP contribution in [-0.4, -0.2) is 31.7 Å². The van der Waals surface area contributed by atoms with Crippen LogP contribution >= 0.6 is 11.3 Å². The molecule has 5 aromatic heterocycles. The van der Waals surface area contributed by atoms with Gasteiger partial charge in [0.05, 0.1) is 11.2 Å². The van der Waals surface area contributed by atoms with Crippen molar-refractivity contribution in [1.82, 2.24) is 30.5 Å². The maximum atomic E-state index is 4.69. The number of nitrogens with one attached hydrogen (secondary N) is 3. The minimum atomic E-state index is 0.832. The van der Waals surface area contributed by atoms with Crippen molar-refractivity contribution >= 4 is 33.3 Å². The zero-order chi connectivity index (χ0) is 25.5. The van der Waals surface area contributed by atoms with E-state index in [0.717, 1.165) is 63.5 Å². The number of aromatic amines is 2. The van der Waals surface area contributed by atoms with Gasteiger partial charge < -0.3 is 10.3 Å². The molecule has 3 N–H and O–H groups in total. The van der Waals surface area contributed by atoms with Gasteiger partial charge in [-0.1, -0.05) is 18.9 Å². The van der Waals surface area contributed by atoms with Crippen LogP contribution < -0.4 is 5.32 Å². The molecule has 1 aliphatic rings. The summed E-state index contributed by atoms with van der Waals surface area (Å²) in [5.74, 6) is 0.832. The number of pyridine rings is 2. The van der Waals surface area contributed by atoms with Gasteiger partial charge in [-0.2, -0.15) is 5.10 Å². The van der Waals surface area contributed by atoms with Crippen molar-refractivity contribution in [2.24, 2.45) is 5.92 Å². The number of aryl methyl sites for hydroxylation is 1. The maximum Gasteiger partial charge on any atom is 0.138 e. The molecule has 0 aliphatic heterocycles. The minimum Gasteiger partial charge on any atom is -0.338 e. The quantitative estimate of drug-likeness (QED) is 0.205. The third-order valence-electron chi connectivity index (χ3n) is 7.72. The van der Waals surface area contributed by atoms with E-state index in [4.69, 9.17) is 5.10 Å². The number of rotatable bonds is 7. The monoisotopic (exact) mass is 518 g/mol. The Kier molecular flexibility index (Phi) is 6.02. The fourth-order valence-electron chi connectivity index (χ4n) is 5.72. The maximum absolute atomic E-state index is 4.69. The lowest BCUT2D eigenvalue weighted by Crippen LogP contribution is -2.20. The van der Waals surface area contributed by atoms with E-state index in [1.54, 1.807) is 11.3 Å². The summed E-state index contributed by atoms with van der Waals surface area (Å²) < 4.78 is 0. The molecular weight excluding hydrogens is 488 g/mol. The smallest absolute Gasteiger partial charge is 0.138 e. The van der Waals surface area contributed by atoms with Crippen molar-refractivity contribution in [3.63, 3.8) is 0 Å². The van der Waals surface area contributed by atoms with E-state index < -0.39 is 0 Å². The summed E-state index contributed by atoms with van der Waals surface area (Å²) in [4.78, 5) is 15.2. The summed E-state index contributed by atoms with van der Waals surface area (Å²) in [7, 11) is 0. The van der Waals surface area contributed by atoms with Gasteiger partial charge in [0.1, 0.15) is 11.3 Å². The first-order valence-corrected chi connectivity index (χ1v) is 14.2. The molecule has 6 aromatic rings. The Bertz CT molecular complexity index is 1740. The van der Waals surface area contributed by atoms with Gasteiger partial charge in [0.25, 0.3) is 0 Å². The first-order chi connectivity index (χ1) is 18.7. The Hall–Kier alpha value is -3.81. The van der Waals surface area contributed by atoms with Crippen LogP contribution in [0.15, 0.2) is 67.1 Å². The average Bonchev–Trinajstić information content (AvgIpc) is 3.74. The summed E-state index contributed by atoms with van der Waals surface area (Å²) in [5.41, 5.74) is 8.40. The number of fused-ring (bicyclic) bond motifs is 2. The lowest BCUT2D eigenvalue weighted by Gasteiger charge is -2.11. The van der Waals surface area contributed by atoms with E-state index in [-0.39, 0.29) is 0 Å². The normalized spacial score (nSPS) is 14.2. The van der Waals surface area contributed by atoms with Crippen LogP contribution in [0.2, 0.25) is 0 Å². The van der Waals surface area contributed by atoms with Crippen molar-refractivity contribution in [3.05, 3.63) is 77.6 Å². The number of aromatic nitrogens is 5. The highest BCUT2D eigenvalue weighted by Crippen LogP contribution is 2.36. The molecule has 5 heterocycles. The molecule has 0 atom stereocenters. The molecule has 1 aliphatic carbocycles. The summed E-state index contributed by atoms with van der Waals surface area (Å²) in [6, 6.07) is 17.3. The molecule has 38 heavy (non-hydrogen) atoms. The van der Waals surface area contributed by atoms with Gasteiger partial charge in [0.15, 0.2) is 0 Å². The number of thiophene rings is 1. The Morgan fingerprint density at radius 3 is 2.76 bits per heavy atom. The molecule has 7 heteroatoms. The Morgan fingerprint density at radius 2 is 1.89 bits per heavy atom. The Balaban J connectivity index is 1.20. The van der Waals surface area contributed by atoms with Crippen molar-refractivity contribution in [2.45, 2.75) is 39.2 Å². The van der Waals surface area contributed by atoms with E-state index in [1.165, 1.54) is 46.6 Å². The van der Waals surface area contributed by atoms with Crippen molar-refractivity contribution in [1.29, 1.82) is 0 Å². The van der Waals surface area contributed by atoms with Gasteiger partial charge in [0, 0.05) is 56.8 Å². The van der Waals surface area contributed by atoms with Crippen molar-refractivity contribution in [2.75, 3.05) is 6.54 Å². The molecule has 0 saturated heterocycles. The van der Waals surface area contributed by atoms with Gasteiger partial charge >= 0.3 is 0 Å². The van der Waals surface area contributed by atoms with Crippen LogP contribution in [0.4, 0.5) is 0 Å². The topological polar surface area (TPSA) is 82.3 Å². The minimum absolute atomic E-state index is 0.832. The molecule has 0 bridgehead atoms. The molecule has 1 aromatic carbocycles. The number of hydrogen-bond donors (Lipinski definition) is 3. The number of H-pyrrole nitrogens is 2. The molecule has 0 radical (unpaired) electrons. The van der Waals surface area contributed by atoms with Crippen LogP contribution in [0.5, 0.6) is 0 Å². The lowest BCUT2D eigenvalue weighted by atomic mass is 10.0. The Morgan fingerprint density at radius 1 is 0.974 bits per heavy atom. The van der Waals surface area contributed by atoms with Gasteiger partial charge in [-0.25, -0.2) is 4.98 Å². The molecular formula is C31H30N6S. The average molecular weight is 519 g/mol. The molecule has 7 rings (SSSR count). The molecule has 0 amide bonds. The number of hydrogen-bond acceptors (Lipinski definition) is 5. The number of nitrogens with zero attached hydrogens (tertiary/aromatic N) is 3. The fourth-order valence-corrected chi connectivity index (χ4v) is 6.63. The lowest BCUT2D eigenvalue weighted by molar-refractivity contribution is 0.489. The predicted octanol–water partition coefficient (Wildman–Crippen LogP) is 7.48. The zero-order valence-electron chi connectivity index (χ0n) is 21.4. The molecule has 190 valence electrons. The van der Waals surface area contributed by atoms with Crippen LogP contribution in [0.25, 0.3) is 54.9 Å². The molecule has 0 spiro atoms. The Labute approximate surface area is 225 Å². The summed E-state index contributed by atoms with van der Waals surface area (Å²) in [6.45, 7) is 4.09. The van der Waals surface area contributed by atoms with E-state index in [1.807, 2.05) is 18.6 Å². The summed E-state index contributed by atoms with van der Waals surface area (Å²) in [5, 5.41) is 13.7. The zero-order valence-corrected chi connectivity index (χ0v) is 22.2. The van der Waals surface area contributed by atoms with Gasteiger partial charge in [0.2, 0.25) is 0 Å². The standard InChI is InChI=1S/C31H30N6S/c1-19-6-9-29(38-19)24-10-11-34-31-25(24)14-28(35-31)30-26-13-22(7-8-27(26)36-37-30)23-12-21(17-33-18-23)16-32-15-20-4-2-3-5-20/h6-14,17-18,20,32H,2-5,15-16H2,1H3,(H,34,35)(H,36,37). The largest absolute Gasteiger partial charge is 0.338 e. The fraction of sp³-hybridized carbons (Fsp3) is 0.258. The van der Waals surface area contributed by atoms with Gasteiger partial charge in [-0.05, 0) is 85.8 Å². The highest BCUT2D eigenvalue weighted by Gasteiger charge is 2.16. The van der Waals surface area contributed by atoms with Crippen LogP contribution in [0.1, 0.15) is 36.1 Å². The van der Waals surface area contributed by atoms with Crippen molar-refractivity contribution in [3.8, 4) is 33.0 Å². The first kappa shape index (κ1) is 23.3. The highest BCUT2D eigenvalue weighted by atomic mass is 32.1. The molecule has 1 fully saturated rings. The second kappa shape index (κ2) is 9.82. The third-order valence-corrected chi connectivity index (χ3v) is 8.75. The third kappa shape index (κ3) is 4.42. The first-order valence-electron chi connectivity index (χ1n) is 13.4. The van der Waals surface area contributed by atoms with Crippen molar-refractivity contribution < 1.29 is 0 Å². The van der Waals surface area contributed by atoms with E-state index >= 15 is 0 Å². The van der Waals surface area contributed by atoms with E-state index in [2.05, 4.69) is 80.8 Å². The van der Waals surface area contributed by atoms with E-state index in [0.29, 0.717) is 0 Å². The van der Waals surface area contributed by atoms with Crippen LogP contribution in [-0.2, 0) is 6.54 Å². The molecule has 6 nitrogen and oxygen atoms in total. The van der Waals surface area contributed by atoms with Gasteiger partial charge in [-0.3, -0.25) is 10.1 Å². The van der Waals surface area contributed by atoms with E-state index in [9.17, 15) is 0 Å². The van der Waals surface area contributed by atoms with Crippen LogP contribution in [0, 0.1) is 12.8 Å². The second-order valence-electron chi connectivity index (χ2n) is 10.4. The molecule has 0 unspecified atom stereocenters.